The highest BCUT2D eigenvalue weighted by Crippen LogP contribution is 2.39. The summed E-state index contributed by atoms with van der Waals surface area (Å²) in [5.41, 5.74) is 6.25. The molecule has 10 nitrogen and oxygen atoms in total. The van der Waals surface area contributed by atoms with Gasteiger partial charge in [0.2, 0.25) is 0 Å². The van der Waals surface area contributed by atoms with E-state index in [1.807, 2.05) is 0 Å². The van der Waals surface area contributed by atoms with Crippen molar-refractivity contribution in [2.24, 2.45) is 0 Å². The van der Waals surface area contributed by atoms with Gasteiger partial charge in [-0.15, -0.1) is 11.3 Å². The summed E-state index contributed by atoms with van der Waals surface area (Å²) in [6.07, 6.45) is 0. The maximum absolute atomic E-state index is 14.8. The third kappa shape index (κ3) is 6.66. The van der Waals surface area contributed by atoms with E-state index in [2.05, 4.69) is 25.9 Å². The van der Waals surface area contributed by atoms with E-state index in [1.165, 1.54) is 37.7 Å². The van der Waals surface area contributed by atoms with Crippen LogP contribution in [-0.4, -0.2) is 48.8 Å². The average molecular weight is 575 g/mol. The standard InChI is InChI=1S/C25H24F2N6O4S2/c1-12(10-36-2)29-24(35)33-25-32-21(28)20(39-25)23-31-19(11-38-23)15-8-18(17(27)9-16(15)26)30-22(34)13-5-4-6-14(7-13)37-3/h4-9,11-12H,10,28H2,1-3H3,(H,30,34)(H2,29,32,33,35). The van der Waals surface area contributed by atoms with Gasteiger partial charge < -0.3 is 25.8 Å². The number of thiazole rings is 2. The van der Waals surface area contributed by atoms with Gasteiger partial charge in [0.15, 0.2) is 5.13 Å². The van der Waals surface area contributed by atoms with Crippen LogP contribution in [0.4, 0.5) is 30.2 Å². The minimum Gasteiger partial charge on any atom is -0.497 e. The number of nitrogens with one attached hydrogen (secondary N) is 3. The predicted octanol–water partition coefficient (Wildman–Crippen LogP) is 5.21. The Morgan fingerprint density at radius 3 is 2.64 bits per heavy atom. The van der Waals surface area contributed by atoms with Crippen molar-refractivity contribution < 1.29 is 27.8 Å². The number of aromatic nitrogens is 2. The Morgan fingerprint density at radius 2 is 1.90 bits per heavy atom. The van der Waals surface area contributed by atoms with Crippen molar-refractivity contribution in [2.75, 3.05) is 37.2 Å². The molecule has 2 aromatic carbocycles. The number of amides is 3. The Labute approximate surface area is 230 Å². The summed E-state index contributed by atoms with van der Waals surface area (Å²) in [6, 6.07) is 7.49. The van der Waals surface area contributed by atoms with Crippen molar-refractivity contribution in [2.45, 2.75) is 13.0 Å². The van der Waals surface area contributed by atoms with Crippen LogP contribution in [-0.2, 0) is 4.74 Å². The number of carbonyl (C=O) groups is 2. The molecule has 3 amide bonds. The lowest BCUT2D eigenvalue weighted by Crippen LogP contribution is -2.38. The lowest BCUT2D eigenvalue weighted by Gasteiger charge is -2.12. The normalized spacial score (nSPS) is 11.6. The molecular formula is C25H24F2N6O4S2. The molecule has 0 spiro atoms. The number of carbonyl (C=O) groups excluding carboxylic acids is 2. The van der Waals surface area contributed by atoms with Crippen LogP contribution >= 0.6 is 22.7 Å². The first kappa shape index (κ1) is 27.9. The van der Waals surface area contributed by atoms with Crippen molar-refractivity contribution >= 4 is 51.2 Å². The van der Waals surface area contributed by atoms with E-state index in [-0.39, 0.29) is 39.5 Å². The summed E-state index contributed by atoms with van der Waals surface area (Å²) in [5, 5.41) is 10.0. The van der Waals surface area contributed by atoms with Gasteiger partial charge in [0.05, 0.1) is 31.1 Å². The largest absolute Gasteiger partial charge is 0.497 e. The number of nitrogens with zero attached hydrogens (tertiary/aromatic N) is 2. The molecule has 1 atom stereocenters. The van der Waals surface area contributed by atoms with Gasteiger partial charge in [-0.2, -0.15) is 0 Å². The van der Waals surface area contributed by atoms with Crippen LogP contribution in [0, 0.1) is 11.6 Å². The summed E-state index contributed by atoms with van der Waals surface area (Å²) in [5.74, 6) is -1.80. The molecule has 1 unspecified atom stereocenters. The van der Waals surface area contributed by atoms with Crippen molar-refractivity contribution in [1.82, 2.24) is 15.3 Å². The lowest BCUT2D eigenvalue weighted by molar-refractivity contribution is 0.102. The van der Waals surface area contributed by atoms with Crippen LogP contribution in [0.3, 0.4) is 0 Å². The second-order valence-electron chi connectivity index (χ2n) is 8.22. The second-order valence-corrected chi connectivity index (χ2v) is 10.1. The maximum Gasteiger partial charge on any atom is 0.321 e. The molecule has 0 saturated heterocycles. The Bertz CT molecular complexity index is 1510. The lowest BCUT2D eigenvalue weighted by atomic mass is 10.1. The molecule has 14 heteroatoms. The molecule has 0 aliphatic heterocycles. The maximum atomic E-state index is 14.8. The van der Waals surface area contributed by atoms with E-state index in [9.17, 15) is 18.4 Å². The van der Waals surface area contributed by atoms with E-state index < -0.39 is 23.6 Å². The van der Waals surface area contributed by atoms with E-state index in [1.54, 1.807) is 30.5 Å². The fourth-order valence-corrected chi connectivity index (χ4v) is 5.29. The quantitative estimate of drug-likeness (QED) is 0.215. The third-order valence-electron chi connectivity index (χ3n) is 5.28. The van der Waals surface area contributed by atoms with E-state index >= 15 is 0 Å². The third-order valence-corrected chi connectivity index (χ3v) is 7.26. The van der Waals surface area contributed by atoms with Crippen LogP contribution in [0.1, 0.15) is 17.3 Å². The fourth-order valence-electron chi connectivity index (χ4n) is 3.49. The average Bonchev–Trinajstić information content (AvgIpc) is 3.52. The fraction of sp³-hybridized carbons (Fsp3) is 0.200. The van der Waals surface area contributed by atoms with Crippen molar-refractivity contribution in [3.05, 3.63) is 59.0 Å². The molecule has 0 radical (unpaired) electrons. The van der Waals surface area contributed by atoms with Crippen molar-refractivity contribution in [3.63, 3.8) is 0 Å². The summed E-state index contributed by atoms with van der Waals surface area (Å²) in [7, 11) is 2.99. The van der Waals surface area contributed by atoms with Gasteiger partial charge in [-0.25, -0.2) is 23.5 Å². The number of hydrogen-bond acceptors (Lipinski definition) is 9. The van der Waals surface area contributed by atoms with Crippen LogP contribution < -0.4 is 26.4 Å². The van der Waals surface area contributed by atoms with Crippen LogP contribution in [0.25, 0.3) is 21.1 Å². The zero-order chi connectivity index (χ0) is 28.1. The van der Waals surface area contributed by atoms with E-state index in [0.29, 0.717) is 28.3 Å². The molecule has 0 bridgehead atoms. The number of nitrogens with two attached hydrogens (primary N) is 1. The van der Waals surface area contributed by atoms with E-state index in [4.69, 9.17) is 15.2 Å². The molecule has 5 N–H and O–H groups in total. The van der Waals surface area contributed by atoms with Crippen molar-refractivity contribution in [3.8, 4) is 26.9 Å². The Balaban J connectivity index is 1.54. The van der Waals surface area contributed by atoms with Gasteiger partial charge in [-0.3, -0.25) is 10.1 Å². The molecule has 0 aliphatic rings. The number of methoxy groups -OCH3 is 2. The van der Waals surface area contributed by atoms with Gasteiger partial charge >= 0.3 is 6.03 Å². The number of halogens is 2. The molecule has 0 aliphatic carbocycles. The minimum atomic E-state index is -0.941. The molecule has 0 fully saturated rings. The molecule has 2 aromatic heterocycles. The summed E-state index contributed by atoms with van der Waals surface area (Å²) in [4.78, 5) is 33.9. The number of rotatable bonds is 9. The van der Waals surface area contributed by atoms with Crippen LogP contribution in [0.15, 0.2) is 41.8 Å². The highest BCUT2D eigenvalue weighted by atomic mass is 32.1. The number of anilines is 3. The first-order valence-corrected chi connectivity index (χ1v) is 13.1. The number of nitrogen functional groups attached to an aromatic ring is 1. The Morgan fingerprint density at radius 1 is 1.10 bits per heavy atom. The zero-order valence-corrected chi connectivity index (χ0v) is 22.6. The van der Waals surface area contributed by atoms with Gasteiger partial charge in [-0.1, -0.05) is 17.4 Å². The predicted molar refractivity (Wildman–Crippen MR) is 147 cm³/mol. The molecule has 204 valence electrons. The van der Waals surface area contributed by atoms with Crippen molar-refractivity contribution in [1.29, 1.82) is 0 Å². The summed E-state index contributed by atoms with van der Waals surface area (Å²) in [6.45, 7) is 2.12. The van der Waals surface area contributed by atoms with E-state index in [0.717, 1.165) is 11.3 Å². The minimum absolute atomic E-state index is 0.0206. The Hall–Kier alpha value is -4.14. The molecule has 4 rings (SSSR count). The summed E-state index contributed by atoms with van der Waals surface area (Å²) >= 11 is 2.26. The van der Waals surface area contributed by atoms with Gasteiger partial charge in [0, 0.05) is 29.7 Å². The first-order valence-electron chi connectivity index (χ1n) is 11.4. The topological polar surface area (TPSA) is 140 Å². The number of ether oxygens (including phenoxy) is 2. The molecular weight excluding hydrogens is 550 g/mol. The van der Waals surface area contributed by atoms with Gasteiger partial charge in [-0.05, 0) is 31.2 Å². The monoisotopic (exact) mass is 574 g/mol. The molecule has 2 heterocycles. The first-order chi connectivity index (χ1) is 18.7. The highest BCUT2D eigenvalue weighted by molar-refractivity contribution is 7.23. The zero-order valence-electron chi connectivity index (χ0n) is 21.0. The number of benzene rings is 2. The number of hydrogen-bond donors (Lipinski definition) is 4. The highest BCUT2D eigenvalue weighted by Gasteiger charge is 2.20. The van der Waals surface area contributed by atoms with Crippen LogP contribution in [0.2, 0.25) is 0 Å². The molecule has 39 heavy (non-hydrogen) atoms. The van der Waals surface area contributed by atoms with Crippen LogP contribution in [0.5, 0.6) is 5.75 Å². The SMILES string of the molecule is COCC(C)NC(=O)Nc1nc(N)c(-c2nc(-c3cc(NC(=O)c4cccc(OC)c4)c(F)cc3F)cs2)s1. The second kappa shape index (κ2) is 12.1. The summed E-state index contributed by atoms with van der Waals surface area (Å²) < 4.78 is 39.4. The molecule has 4 aromatic rings. The smallest absolute Gasteiger partial charge is 0.321 e. The Kier molecular flexibility index (Phi) is 8.69. The van der Waals surface area contributed by atoms with Gasteiger partial charge in [0.25, 0.3) is 5.91 Å². The van der Waals surface area contributed by atoms with Gasteiger partial charge in [0.1, 0.15) is 33.1 Å². The number of urea groups is 1. The molecule has 0 saturated carbocycles.